The SMILES string of the molecule is CC(=O)N(CCCOc1c(Cl)cc(OCC=C(Cl)Cl)cc1Cl)c1cccc(C(F)(F)F)c1. The number of hydrogen-bond donors (Lipinski definition) is 0. The molecule has 0 atom stereocenters. The van der Waals surface area contributed by atoms with Crippen LogP contribution in [0.5, 0.6) is 11.5 Å². The third-order valence-corrected chi connectivity index (χ3v) is 4.97. The molecule has 0 heterocycles. The maximum Gasteiger partial charge on any atom is 0.416 e. The summed E-state index contributed by atoms with van der Waals surface area (Å²) in [6, 6.07) is 7.58. The third-order valence-electron chi connectivity index (χ3n) is 4.10. The van der Waals surface area contributed by atoms with Crippen LogP contribution in [0.1, 0.15) is 18.9 Å². The zero-order valence-electron chi connectivity index (χ0n) is 16.7. The van der Waals surface area contributed by atoms with Crippen LogP contribution in [0, 0.1) is 0 Å². The van der Waals surface area contributed by atoms with Gasteiger partial charge in [0.05, 0.1) is 22.2 Å². The number of hydrogen-bond acceptors (Lipinski definition) is 3. The Morgan fingerprint density at radius 3 is 2.31 bits per heavy atom. The second-order valence-corrected chi connectivity index (χ2v) is 8.26. The smallest absolute Gasteiger partial charge is 0.416 e. The van der Waals surface area contributed by atoms with Gasteiger partial charge in [-0.2, -0.15) is 13.2 Å². The number of alkyl halides is 3. The molecular formula is C21H18Cl4F3NO3. The van der Waals surface area contributed by atoms with E-state index in [1.54, 1.807) is 0 Å². The van der Waals surface area contributed by atoms with Gasteiger partial charge < -0.3 is 14.4 Å². The van der Waals surface area contributed by atoms with E-state index in [-0.39, 0.29) is 45.7 Å². The van der Waals surface area contributed by atoms with E-state index in [0.717, 1.165) is 12.1 Å². The molecule has 0 saturated heterocycles. The summed E-state index contributed by atoms with van der Waals surface area (Å²) < 4.78 is 50.0. The van der Waals surface area contributed by atoms with Gasteiger partial charge in [0.1, 0.15) is 16.8 Å². The van der Waals surface area contributed by atoms with Crippen molar-refractivity contribution in [1.82, 2.24) is 0 Å². The number of carbonyl (C=O) groups excluding carboxylic acids is 1. The molecule has 0 bridgehead atoms. The van der Waals surface area contributed by atoms with Gasteiger partial charge in [-0.15, -0.1) is 0 Å². The number of anilines is 1. The van der Waals surface area contributed by atoms with Crippen molar-refractivity contribution in [2.24, 2.45) is 0 Å². The van der Waals surface area contributed by atoms with Crippen LogP contribution in [0.25, 0.3) is 0 Å². The van der Waals surface area contributed by atoms with Gasteiger partial charge in [-0.25, -0.2) is 0 Å². The van der Waals surface area contributed by atoms with Gasteiger partial charge in [0, 0.05) is 31.3 Å². The van der Waals surface area contributed by atoms with E-state index in [2.05, 4.69) is 0 Å². The second kappa shape index (κ2) is 11.9. The monoisotopic (exact) mass is 529 g/mol. The summed E-state index contributed by atoms with van der Waals surface area (Å²) in [5.74, 6) is 0.207. The first-order chi connectivity index (χ1) is 15.0. The average molecular weight is 531 g/mol. The molecule has 0 aromatic heterocycles. The first-order valence-electron chi connectivity index (χ1n) is 9.20. The van der Waals surface area contributed by atoms with Crippen LogP contribution in [0.15, 0.2) is 47.0 Å². The molecule has 2 rings (SSSR count). The van der Waals surface area contributed by atoms with Crippen LogP contribution in [0.2, 0.25) is 10.0 Å². The first-order valence-corrected chi connectivity index (χ1v) is 10.7. The van der Waals surface area contributed by atoms with Crippen molar-refractivity contribution >= 4 is 58.0 Å². The van der Waals surface area contributed by atoms with Gasteiger partial charge in [0.2, 0.25) is 5.91 Å². The summed E-state index contributed by atoms with van der Waals surface area (Å²) in [6.07, 6.45) is -2.74. The molecule has 1 amide bonds. The van der Waals surface area contributed by atoms with Crippen LogP contribution in [0.4, 0.5) is 18.9 Å². The Morgan fingerprint density at radius 2 is 1.75 bits per heavy atom. The van der Waals surface area contributed by atoms with E-state index >= 15 is 0 Å². The number of amides is 1. The van der Waals surface area contributed by atoms with E-state index in [4.69, 9.17) is 55.9 Å². The average Bonchev–Trinajstić information content (AvgIpc) is 2.68. The molecule has 0 radical (unpaired) electrons. The van der Waals surface area contributed by atoms with E-state index in [9.17, 15) is 18.0 Å². The molecular weight excluding hydrogens is 513 g/mol. The van der Waals surface area contributed by atoms with Gasteiger partial charge in [0.15, 0.2) is 5.75 Å². The van der Waals surface area contributed by atoms with Crippen LogP contribution < -0.4 is 14.4 Å². The molecule has 0 aliphatic heterocycles. The minimum atomic E-state index is -4.50. The molecule has 0 N–H and O–H groups in total. The maximum absolute atomic E-state index is 13.0. The van der Waals surface area contributed by atoms with E-state index in [0.29, 0.717) is 12.2 Å². The summed E-state index contributed by atoms with van der Waals surface area (Å²) in [6.45, 7) is 1.65. The second-order valence-electron chi connectivity index (χ2n) is 6.44. The lowest BCUT2D eigenvalue weighted by Crippen LogP contribution is -2.30. The highest BCUT2D eigenvalue weighted by Crippen LogP contribution is 2.37. The van der Waals surface area contributed by atoms with Gasteiger partial charge >= 0.3 is 6.18 Å². The number of rotatable bonds is 9. The highest BCUT2D eigenvalue weighted by atomic mass is 35.5. The Kier molecular flexibility index (Phi) is 9.83. The fourth-order valence-corrected chi connectivity index (χ4v) is 3.38. The molecule has 0 aliphatic rings. The molecule has 0 saturated carbocycles. The predicted molar refractivity (Wildman–Crippen MR) is 121 cm³/mol. The predicted octanol–water partition coefficient (Wildman–Crippen LogP) is 7.53. The van der Waals surface area contributed by atoms with Crippen molar-refractivity contribution in [3.05, 3.63) is 62.6 Å². The van der Waals surface area contributed by atoms with Gasteiger partial charge in [0.25, 0.3) is 0 Å². The summed E-state index contributed by atoms with van der Waals surface area (Å²) in [4.78, 5) is 13.2. The zero-order valence-corrected chi connectivity index (χ0v) is 19.7. The lowest BCUT2D eigenvalue weighted by atomic mass is 10.1. The molecule has 4 nitrogen and oxygen atoms in total. The van der Waals surface area contributed by atoms with Crippen LogP contribution in [-0.2, 0) is 11.0 Å². The first kappa shape index (κ1) is 26.5. The van der Waals surface area contributed by atoms with Gasteiger partial charge in [-0.3, -0.25) is 4.79 Å². The van der Waals surface area contributed by atoms with Crippen molar-refractivity contribution in [3.63, 3.8) is 0 Å². The minimum Gasteiger partial charge on any atom is -0.490 e. The highest BCUT2D eigenvalue weighted by molar-refractivity contribution is 6.55. The molecule has 2 aromatic rings. The molecule has 11 heteroatoms. The molecule has 174 valence electrons. The van der Waals surface area contributed by atoms with Crippen molar-refractivity contribution in [2.45, 2.75) is 19.5 Å². The Balaban J connectivity index is 1.99. The van der Waals surface area contributed by atoms with Crippen molar-refractivity contribution in [3.8, 4) is 11.5 Å². The third kappa shape index (κ3) is 7.96. The molecule has 2 aromatic carbocycles. The molecule has 0 spiro atoms. The number of benzene rings is 2. The number of nitrogens with zero attached hydrogens (tertiary/aromatic N) is 1. The van der Waals surface area contributed by atoms with E-state index in [1.807, 2.05) is 0 Å². The zero-order chi connectivity index (χ0) is 23.9. The van der Waals surface area contributed by atoms with Crippen molar-refractivity contribution in [2.75, 3.05) is 24.7 Å². The standard InChI is InChI=1S/C21H18Cl4F3NO3/c1-13(30)29(15-5-2-4-14(10-15)21(26,27)28)7-3-8-32-20-17(22)11-16(12-18(20)23)31-9-6-19(24)25/h2,4-6,10-12H,3,7-9H2,1H3. The summed E-state index contributed by atoms with van der Waals surface area (Å²) in [5, 5.41) is 0.407. The van der Waals surface area contributed by atoms with Crippen LogP contribution in [0.3, 0.4) is 0 Å². The van der Waals surface area contributed by atoms with Gasteiger partial charge in [-0.05, 0) is 30.7 Å². The Labute approximate surface area is 203 Å². The Morgan fingerprint density at radius 1 is 1.09 bits per heavy atom. The number of ether oxygens (including phenoxy) is 2. The summed E-state index contributed by atoms with van der Waals surface area (Å²) in [7, 11) is 0. The summed E-state index contributed by atoms with van der Waals surface area (Å²) in [5.41, 5.74) is -0.682. The van der Waals surface area contributed by atoms with Crippen LogP contribution >= 0.6 is 46.4 Å². The molecule has 0 fully saturated rings. The van der Waals surface area contributed by atoms with Crippen molar-refractivity contribution in [1.29, 1.82) is 0 Å². The van der Waals surface area contributed by atoms with Gasteiger partial charge in [-0.1, -0.05) is 52.5 Å². The van der Waals surface area contributed by atoms with E-state index in [1.165, 1.54) is 42.2 Å². The Hall–Kier alpha value is -1.80. The lowest BCUT2D eigenvalue weighted by Gasteiger charge is -2.22. The summed E-state index contributed by atoms with van der Waals surface area (Å²) >= 11 is 23.4. The fraction of sp³-hybridized carbons (Fsp3) is 0.286. The fourth-order valence-electron chi connectivity index (χ4n) is 2.67. The van der Waals surface area contributed by atoms with E-state index < -0.39 is 17.6 Å². The minimum absolute atomic E-state index is 0.0619. The highest BCUT2D eigenvalue weighted by Gasteiger charge is 2.31. The lowest BCUT2D eigenvalue weighted by molar-refractivity contribution is -0.137. The largest absolute Gasteiger partial charge is 0.490 e. The van der Waals surface area contributed by atoms with Crippen molar-refractivity contribution < 1.29 is 27.4 Å². The number of halogens is 7. The quantitative estimate of drug-likeness (QED) is 0.314. The maximum atomic E-state index is 13.0. The Bertz CT molecular complexity index is 956. The molecule has 32 heavy (non-hydrogen) atoms. The number of carbonyl (C=O) groups is 1. The van der Waals surface area contributed by atoms with Crippen LogP contribution in [-0.4, -0.2) is 25.7 Å². The normalized spacial score (nSPS) is 11.1. The molecule has 0 aliphatic carbocycles. The topological polar surface area (TPSA) is 38.8 Å². The molecule has 0 unspecified atom stereocenters.